The zero-order valence-corrected chi connectivity index (χ0v) is 15.0. The molecule has 0 radical (unpaired) electrons. The number of ether oxygens (including phenoxy) is 2. The molecular weight excluding hydrogens is 332 g/mol. The number of hydrogen-bond donors (Lipinski definition) is 1. The zero-order valence-electron chi connectivity index (χ0n) is 15.0. The van der Waals surface area contributed by atoms with Crippen molar-refractivity contribution >= 4 is 6.09 Å². The number of alkyl carbamates (subject to hydrolysis) is 1. The molecule has 1 aromatic carbocycles. The van der Waals surface area contributed by atoms with E-state index in [0.717, 1.165) is 56.2 Å². The number of likely N-dealkylation sites (tertiary alicyclic amines) is 1. The summed E-state index contributed by atoms with van der Waals surface area (Å²) in [7, 11) is 1.67. The number of carbonyl (C=O) groups is 1. The van der Waals surface area contributed by atoms with Gasteiger partial charge in [0.1, 0.15) is 17.2 Å². The van der Waals surface area contributed by atoms with Crippen LogP contribution in [0.4, 0.5) is 4.79 Å². The number of hydrogen-bond acceptors (Lipinski definition) is 5. The van der Waals surface area contributed by atoms with Crippen LogP contribution in [0.15, 0.2) is 36.7 Å². The Kier molecular flexibility index (Phi) is 4.55. The molecule has 7 heteroatoms. The third kappa shape index (κ3) is 3.39. The van der Waals surface area contributed by atoms with Crippen molar-refractivity contribution in [3.63, 3.8) is 0 Å². The number of imidazole rings is 1. The lowest BCUT2D eigenvalue weighted by atomic mass is 9.95. The number of nitrogens with zero attached hydrogens (tertiary/aromatic N) is 3. The highest BCUT2D eigenvalue weighted by molar-refractivity contribution is 5.70. The van der Waals surface area contributed by atoms with Gasteiger partial charge in [0.15, 0.2) is 0 Å². The maximum absolute atomic E-state index is 11.4. The third-order valence-corrected chi connectivity index (χ3v) is 5.29. The molecule has 2 saturated heterocycles. The molecule has 2 aromatic rings. The molecule has 0 saturated carbocycles. The topological polar surface area (TPSA) is 68.6 Å². The number of carbonyl (C=O) groups excluding carboxylic acids is 1. The minimum absolute atomic E-state index is 0.284. The van der Waals surface area contributed by atoms with Crippen LogP contribution in [-0.2, 0) is 11.3 Å². The Morgan fingerprint density at radius 1 is 1.27 bits per heavy atom. The number of rotatable bonds is 4. The van der Waals surface area contributed by atoms with Crippen LogP contribution in [0.2, 0.25) is 0 Å². The average Bonchev–Trinajstić information content (AvgIpc) is 3.21. The SMILES string of the molecule is COc1ccc(-n2ccnc2CN2CCC[C@@]3(CC2)CNC(=O)O3)cc1. The summed E-state index contributed by atoms with van der Waals surface area (Å²) in [6.45, 7) is 3.27. The maximum atomic E-state index is 11.4. The Hall–Kier alpha value is -2.54. The van der Waals surface area contributed by atoms with Crippen LogP contribution in [0.5, 0.6) is 5.75 Å². The Morgan fingerprint density at radius 2 is 2.12 bits per heavy atom. The molecule has 26 heavy (non-hydrogen) atoms. The molecule has 1 N–H and O–H groups in total. The van der Waals surface area contributed by atoms with Gasteiger partial charge >= 0.3 is 6.09 Å². The number of nitrogens with one attached hydrogen (secondary N) is 1. The lowest BCUT2D eigenvalue weighted by Gasteiger charge is -2.25. The first kappa shape index (κ1) is 16.9. The predicted molar refractivity (Wildman–Crippen MR) is 96.5 cm³/mol. The third-order valence-electron chi connectivity index (χ3n) is 5.29. The van der Waals surface area contributed by atoms with Gasteiger partial charge in [0, 0.05) is 31.0 Å². The molecule has 0 aliphatic carbocycles. The highest BCUT2D eigenvalue weighted by Crippen LogP contribution is 2.29. The molecule has 1 aromatic heterocycles. The van der Waals surface area contributed by atoms with E-state index >= 15 is 0 Å². The van der Waals surface area contributed by atoms with E-state index in [9.17, 15) is 4.79 Å². The molecule has 0 bridgehead atoms. The van der Waals surface area contributed by atoms with E-state index in [0.29, 0.717) is 6.54 Å². The standard InChI is InChI=1S/C19H24N4O3/c1-25-16-5-3-15(4-6-16)23-12-9-20-17(23)13-22-10-2-7-19(8-11-22)14-21-18(24)26-19/h3-6,9,12H,2,7-8,10-11,13-14H2,1H3,(H,21,24)/t19-/m1/s1. The van der Waals surface area contributed by atoms with Gasteiger partial charge in [-0.3, -0.25) is 4.90 Å². The molecule has 2 fully saturated rings. The van der Waals surface area contributed by atoms with Crippen molar-refractivity contribution in [2.45, 2.75) is 31.4 Å². The summed E-state index contributed by atoms with van der Waals surface area (Å²) in [5.74, 6) is 1.85. The van der Waals surface area contributed by atoms with Crippen LogP contribution in [0, 0.1) is 0 Å². The number of benzene rings is 1. The van der Waals surface area contributed by atoms with Crippen LogP contribution < -0.4 is 10.1 Å². The van der Waals surface area contributed by atoms with Gasteiger partial charge in [-0.05, 0) is 43.7 Å². The van der Waals surface area contributed by atoms with Gasteiger partial charge in [0.25, 0.3) is 0 Å². The van der Waals surface area contributed by atoms with Crippen molar-refractivity contribution in [2.75, 3.05) is 26.7 Å². The Bertz CT molecular complexity index is 773. The van der Waals surface area contributed by atoms with E-state index in [1.807, 2.05) is 36.7 Å². The Morgan fingerprint density at radius 3 is 2.85 bits per heavy atom. The van der Waals surface area contributed by atoms with Crippen molar-refractivity contribution < 1.29 is 14.3 Å². The molecule has 138 valence electrons. The van der Waals surface area contributed by atoms with Gasteiger partial charge in [0.2, 0.25) is 0 Å². The summed E-state index contributed by atoms with van der Waals surface area (Å²) >= 11 is 0. The first-order valence-electron chi connectivity index (χ1n) is 9.03. The van der Waals surface area contributed by atoms with Crippen molar-refractivity contribution in [2.24, 2.45) is 0 Å². The van der Waals surface area contributed by atoms with Gasteiger partial charge in [-0.15, -0.1) is 0 Å². The average molecular weight is 356 g/mol. The van der Waals surface area contributed by atoms with Gasteiger partial charge in [-0.2, -0.15) is 0 Å². The predicted octanol–water partition coefficient (Wildman–Crippen LogP) is 2.35. The van der Waals surface area contributed by atoms with Crippen LogP contribution >= 0.6 is 0 Å². The van der Waals surface area contributed by atoms with Gasteiger partial charge in [-0.25, -0.2) is 9.78 Å². The van der Waals surface area contributed by atoms with Crippen LogP contribution in [-0.4, -0.2) is 52.9 Å². The van der Waals surface area contributed by atoms with E-state index in [-0.39, 0.29) is 11.7 Å². The van der Waals surface area contributed by atoms with Gasteiger partial charge in [-0.1, -0.05) is 0 Å². The van der Waals surface area contributed by atoms with Crippen LogP contribution in [0.3, 0.4) is 0 Å². The minimum atomic E-state index is -0.322. The molecular formula is C19H24N4O3. The summed E-state index contributed by atoms with van der Waals surface area (Å²) in [5.41, 5.74) is 0.746. The number of amides is 1. The van der Waals surface area contributed by atoms with E-state index in [2.05, 4.69) is 19.8 Å². The highest BCUT2D eigenvalue weighted by atomic mass is 16.6. The summed E-state index contributed by atoms with van der Waals surface area (Å²) in [4.78, 5) is 18.4. The zero-order chi connectivity index (χ0) is 18.0. The second kappa shape index (κ2) is 6.99. The first-order valence-corrected chi connectivity index (χ1v) is 9.03. The van der Waals surface area contributed by atoms with Crippen molar-refractivity contribution in [3.8, 4) is 11.4 Å². The fourth-order valence-electron chi connectivity index (χ4n) is 3.79. The molecule has 2 aliphatic rings. The number of methoxy groups -OCH3 is 1. The fraction of sp³-hybridized carbons (Fsp3) is 0.474. The second-order valence-electron chi connectivity index (χ2n) is 6.97. The van der Waals surface area contributed by atoms with Crippen molar-refractivity contribution in [3.05, 3.63) is 42.5 Å². The maximum Gasteiger partial charge on any atom is 0.407 e. The van der Waals surface area contributed by atoms with Crippen molar-refractivity contribution in [1.29, 1.82) is 0 Å². The Labute approximate surface area is 152 Å². The van der Waals surface area contributed by atoms with Gasteiger partial charge < -0.3 is 19.4 Å². The minimum Gasteiger partial charge on any atom is -0.497 e. The normalized spacial score (nSPS) is 23.5. The molecule has 7 nitrogen and oxygen atoms in total. The Balaban J connectivity index is 1.45. The molecule has 0 unspecified atom stereocenters. The molecule has 1 atom stereocenters. The largest absolute Gasteiger partial charge is 0.497 e. The van der Waals surface area contributed by atoms with Gasteiger partial charge in [0.05, 0.1) is 20.2 Å². The number of aromatic nitrogens is 2. The monoisotopic (exact) mass is 356 g/mol. The second-order valence-corrected chi connectivity index (χ2v) is 6.97. The van der Waals surface area contributed by atoms with E-state index in [1.54, 1.807) is 7.11 Å². The molecule has 4 rings (SSSR count). The quantitative estimate of drug-likeness (QED) is 0.911. The molecule has 3 heterocycles. The fourth-order valence-corrected chi connectivity index (χ4v) is 3.79. The molecule has 1 spiro atoms. The first-order chi connectivity index (χ1) is 12.7. The summed E-state index contributed by atoms with van der Waals surface area (Å²) < 4.78 is 12.9. The lowest BCUT2D eigenvalue weighted by Crippen LogP contribution is -2.35. The van der Waals surface area contributed by atoms with Crippen LogP contribution in [0.25, 0.3) is 5.69 Å². The summed E-state index contributed by atoms with van der Waals surface area (Å²) in [6, 6.07) is 7.97. The molecule has 1 amide bonds. The summed E-state index contributed by atoms with van der Waals surface area (Å²) in [5, 5.41) is 2.80. The molecule has 2 aliphatic heterocycles. The van der Waals surface area contributed by atoms with Crippen molar-refractivity contribution in [1.82, 2.24) is 19.8 Å². The smallest absolute Gasteiger partial charge is 0.407 e. The van der Waals surface area contributed by atoms with Crippen LogP contribution in [0.1, 0.15) is 25.1 Å². The van der Waals surface area contributed by atoms with E-state index in [1.165, 1.54) is 0 Å². The van der Waals surface area contributed by atoms with E-state index < -0.39 is 0 Å². The lowest BCUT2D eigenvalue weighted by molar-refractivity contribution is 0.0442. The highest BCUT2D eigenvalue weighted by Gasteiger charge is 2.41. The summed E-state index contributed by atoms with van der Waals surface area (Å²) in [6.07, 6.45) is 6.32. The van der Waals surface area contributed by atoms with E-state index in [4.69, 9.17) is 9.47 Å².